The summed E-state index contributed by atoms with van der Waals surface area (Å²) >= 11 is 15.0. The normalized spacial score (nSPS) is 18.1. The first-order valence-corrected chi connectivity index (χ1v) is 15.8. The van der Waals surface area contributed by atoms with E-state index in [4.69, 9.17) is 28.9 Å². The number of nitriles is 1. The smallest absolute Gasteiger partial charge is 0.230 e. The third kappa shape index (κ3) is 6.35. The number of thioether (sulfide) groups is 1. The van der Waals surface area contributed by atoms with Crippen LogP contribution in [0.4, 0.5) is 5.13 Å². The largest absolute Gasteiger partial charge is 0.384 e. The standard InChI is InChI=1S/C30H28Cl2N6O2S2/c1-30(2)13-22-26(23(39)14-30)25(18-8-9-20(31)21(32)12-18)19(15-33)27(34)38(22)28-36-37-29(42-28)41-16-24(40)35-11-10-17-6-4-3-5-7-17/h3-9,12,25H,10-11,13-14,16,34H2,1-2H3,(H,35,40). The Morgan fingerprint density at radius 3 is 2.67 bits per heavy atom. The quantitative estimate of drug-likeness (QED) is 0.278. The molecular formula is C30H28Cl2N6O2S2. The maximum Gasteiger partial charge on any atom is 0.230 e. The van der Waals surface area contributed by atoms with E-state index in [1.807, 2.05) is 44.2 Å². The summed E-state index contributed by atoms with van der Waals surface area (Å²) in [6, 6.07) is 17.3. The number of nitrogens with two attached hydrogens (primary N) is 1. The number of carbonyl (C=O) groups excluding carboxylic acids is 2. The predicted octanol–water partition coefficient (Wildman–Crippen LogP) is 6.24. The molecule has 0 saturated carbocycles. The summed E-state index contributed by atoms with van der Waals surface area (Å²) in [5.74, 6) is -0.484. The third-order valence-electron chi connectivity index (χ3n) is 7.15. The average molecular weight is 640 g/mol. The van der Waals surface area contributed by atoms with Crippen LogP contribution in [0.5, 0.6) is 0 Å². The Bertz CT molecular complexity index is 1640. The van der Waals surface area contributed by atoms with Gasteiger partial charge in [-0.25, -0.2) is 0 Å². The van der Waals surface area contributed by atoms with Gasteiger partial charge in [0.15, 0.2) is 10.1 Å². The van der Waals surface area contributed by atoms with Gasteiger partial charge >= 0.3 is 0 Å². The summed E-state index contributed by atoms with van der Waals surface area (Å²) in [6.07, 6.45) is 1.61. The molecule has 1 unspecified atom stereocenters. The molecule has 8 nitrogen and oxygen atoms in total. The number of nitrogens with one attached hydrogen (secondary N) is 1. The molecule has 1 aliphatic carbocycles. The molecule has 1 aliphatic heterocycles. The van der Waals surface area contributed by atoms with E-state index in [0.29, 0.717) is 55.7 Å². The van der Waals surface area contributed by atoms with E-state index < -0.39 is 5.92 Å². The van der Waals surface area contributed by atoms with Gasteiger partial charge < -0.3 is 11.1 Å². The number of benzene rings is 2. The Balaban J connectivity index is 1.40. The minimum Gasteiger partial charge on any atom is -0.384 e. The summed E-state index contributed by atoms with van der Waals surface area (Å²) < 4.78 is 0.574. The molecule has 0 bridgehead atoms. The van der Waals surface area contributed by atoms with Gasteiger partial charge in [0.05, 0.1) is 33.4 Å². The third-order valence-corrected chi connectivity index (χ3v) is 9.93. The van der Waals surface area contributed by atoms with Crippen LogP contribution in [0.25, 0.3) is 0 Å². The molecule has 2 heterocycles. The van der Waals surface area contributed by atoms with Crippen molar-refractivity contribution >= 4 is 63.1 Å². The molecule has 3 aromatic rings. The molecule has 1 aromatic heterocycles. The van der Waals surface area contributed by atoms with E-state index in [1.54, 1.807) is 23.1 Å². The lowest BCUT2D eigenvalue weighted by atomic mass is 9.69. The molecule has 0 spiro atoms. The number of rotatable bonds is 8. The van der Waals surface area contributed by atoms with E-state index >= 15 is 0 Å². The number of halogens is 2. The number of allylic oxidation sites excluding steroid dienone is 3. The van der Waals surface area contributed by atoms with E-state index in [2.05, 4.69) is 21.6 Å². The topological polar surface area (TPSA) is 125 Å². The highest BCUT2D eigenvalue weighted by atomic mass is 35.5. The van der Waals surface area contributed by atoms with Gasteiger partial charge in [-0.3, -0.25) is 14.5 Å². The van der Waals surface area contributed by atoms with Crippen LogP contribution in [-0.2, 0) is 16.0 Å². The Kier molecular flexibility index (Phi) is 8.94. The predicted molar refractivity (Wildman–Crippen MR) is 167 cm³/mol. The maximum absolute atomic E-state index is 13.7. The monoisotopic (exact) mass is 638 g/mol. The average Bonchev–Trinajstić information content (AvgIpc) is 3.41. The first-order valence-electron chi connectivity index (χ1n) is 13.3. The van der Waals surface area contributed by atoms with Crippen molar-refractivity contribution in [2.24, 2.45) is 11.1 Å². The number of anilines is 1. The first-order chi connectivity index (χ1) is 20.1. The van der Waals surface area contributed by atoms with E-state index in [-0.39, 0.29) is 34.3 Å². The summed E-state index contributed by atoms with van der Waals surface area (Å²) in [6.45, 7) is 4.59. The minimum absolute atomic E-state index is 0.0612. The lowest BCUT2D eigenvalue weighted by molar-refractivity contribution is -0.119. The fourth-order valence-electron chi connectivity index (χ4n) is 5.27. The van der Waals surface area contributed by atoms with Crippen LogP contribution in [0.3, 0.4) is 0 Å². The lowest BCUT2D eigenvalue weighted by Crippen LogP contribution is -2.42. The SMILES string of the molecule is CC1(C)CC(=O)C2=C(C1)N(c1nnc(SCC(=O)NCCc3ccccc3)s1)C(N)=C(C#N)C2c1ccc(Cl)c(Cl)c1. The number of ketones is 1. The zero-order valence-corrected chi connectivity index (χ0v) is 26.1. The van der Waals surface area contributed by atoms with Crippen LogP contribution in [0.1, 0.15) is 43.7 Å². The Morgan fingerprint density at radius 2 is 1.95 bits per heavy atom. The number of hydrogen-bond acceptors (Lipinski definition) is 9. The van der Waals surface area contributed by atoms with Crippen LogP contribution in [-0.4, -0.2) is 34.2 Å². The van der Waals surface area contributed by atoms with Crippen molar-refractivity contribution in [1.82, 2.24) is 15.5 Å². The molecule has 1 amide bonds. The van der Waals surface area contributed by atoms with Gasteiger partial charge in [0.2, 0.25) is 11.0 Å². The van der Waals surface area contributed by atoms with E-state index in [1.165, 1.54) is 23.1 Å². The minimum atomic E-state index is -0.680. The molecule has 0 fully saturated rings. The van der Waals surface area contributed by atoms with Crippen LogP contribution in [0.15, 0.2) is 75.5 Å². The first kappa shape index (κ1) is 30.1. The Morgan fingerprint density at radius 1 is 1.19 bits per heavy atom. The maximum atomic E-state index is 13.7. The summed E-state index contributed by atoms with van der Waals surface area (Å²) in [5, 5.41) is 23.0. The number of nitrogens with zero attached hydrogens (tertiary/aromatic N) is 4. The van der Waals surface area contributed by atoms with Crippen molar-refractivity contribution in [2.45, 2.75) is 43.4 Å². The van der Waals surface area contributed by atoms with Crippen molar-refractivity contribution < 1.29 is 9.59 Å². The van der Waals surface area contributed by atoms with Crippen molar-refractivity contribution in [3.8, 4) is 6.07 Å². The molecule has 0 saturated heterocycles. The summed E-state index contributed by atoms with van der Waals surface area (Å²) in [4.78, 5) is 27.8. The van der Waals surface area contributed by atoms with Crippen molar-refractivity contribution in [1.29, 1.82) is 5.26 Å². The second kappa shape index (κ2) is 12.5. The van der Waals surface area contributed by atoms with Gasteiger partial charge in [0.25, 0.3) is 0 Å². The van der Waals surface area contributed by atoms with Gasteiger partial charge in [-0.05, 0) is 41.5 Å². The van der Waals surface area contributed by atoms with Crippen molar-refractivity contribution in [3.63, 3.8) is 0 Å². The van der Waals surface area contributed by atoms with Crippen molar-refractivity contribution in [2.75, 3.05) is 17.2 Å². The summed E-state index contributed by atoms with van der Waals surface area (Å²) in [7, 11) is 0. The fraction of sp³-hybridized carbons (Fsp3) is 0.300. The highest BCUT2D eigenvalue weighted by Gasteiger charge is 2.45. The molecule has 0 radical (unpaired) electrons. The molecule has 3 N–H and O–H groups in total. The van der Waals surface area contributed by atoms with Crippen LogP contribution in [0.2, 0.25) is 10.0 Å². The number of Topliss-reactive ketones (excluding diaryl/α,β-unsaturated/α-hetero) is 1. The Labute approximate surface area is 262 Å². The number of carbonyl (C=O) groups is 2. The van der Waals surface area contributed by atoms with Gasteiger partial charge in [-0.1, -0.05) is 96.5 Å². The molecular weight excluding hydrogens is 611 g/mol. The number of amides is 1. The molecule has 5 rings (SSSR count). The second-order valence-corrected chi connectivity index (χ2v) is 13.9. The molecule has 216 valence electrons. The molecule has 2 aliphatic rings. The van der Waals surface area contributed by atoms with E-state index in [9.17, 15) is 14.9 Å². The summed E-state index contributed by atoms with van der Waals surface area (Å²) in [5.41, 5.74) is 9.58. The van der Waals surface area contributed by atoms with Gasteiger partial charge in [-0.2, -0.15) is 5.26 Å². The second-order valence-electron chi connectivity index (χ2n) is 10.9. The van der Waals surface area contributed by atoms with Gasteiger partial charge in [-0.15, -0.1) is 10.2 Å². The van der Waals surface area contributed by atoms with Crippen LogP contribution >= 0.6 is 46.3 Å². The van der Waals surface area contributed by atoms with Gasteiger partial charge in [0.1, 0.15) is 5.82 Å². The highest BCUT2D eigenvalue weighted by Crippen LogP contribution is 2.51. The van der Waals surface area contributed by atoms with Crippen molar-refractivity contribution in [3.05, 3.63) is 92.4 Å². The number of aromatic nitrogens is 2. The van der Waals surface area contributed by atoms with Crippen LogP contribution in [0, 0.1) is 16.7 Å². The molecule has 42 heavy (non-hydrogen) atoms. The molecule has 12 heteroatoms. The molecule has 1 atom stereocenters. The zero-order valence-electron chi connectivity index (χ0n) is 23.0. The Hall–Kier alpha value is -3.36. The van der Waals surface area contributed by atoms with Gasteiger partial charge in [0, 0.05) is 24.2 Å². The molecule has 2 aromatic carbocycles. The zero-order chi connectivity index (χ0) is 30.0. The van der Waals surface area contributed by atoms with Crippen LogP contribution < -0.4 is 16.0 Å². The van der Waals surface area contributed by atoms with E-state index in [0.717, 1.165) is 12.0 Å². The fourth-order valence-corrected chi connectivity index (χ4v) is 7.29. The number of hydrogen-bond donors (Lipinski definition) is 2. The highest BCUT2D eigenvalue weighted by molar-refractivity contribution is 8.01. The lowest BCUT2D eigenvalue weighted by Gasteiger charge is -2.42.